The Labute approximate surface area is 144 Å². The van der Waals surface area contributed by atoms with Gasteiger partial charge in [-0.1, -0.05) is 18.2 Å². The molecular formula is C17H21N5O3. The number of fused-ring (bicyclic) bond motifs is 1. The van der Waals surface area contributed by atoms with Gasteiger partial charge in [0.05, 0.1) is 6.04 Å². The van der Waals surface area contributed by atoms with Crippen molar-refractivity contribution in [1.82, 2.24) is 20.1 Å². The molecule has 0 bridgehead atoms. The van der Waals surface area contributed by atoms with Gasteiger partial charge in [0.25, 0.3) is 5.91 Å². The van der Waals surface area contributed by atoms with E-state index in [0.717, 1.165) is 10.9 Å². The molecule has 4 amide bonds. The monoisotopic (exact) mass is 343 g/mol. The van der Waals surface area contributed by atoms with Crippen molar-refractivity contribution in [2.75, 3.05) is 26.2 Å². The lowest BCUT2D eigenvalue weighted by molar-refractivity contribution is -0.125. The molecule has 0 radical (unpaired) electrons. The molecule has 1 fully saturated rings. The fraction of sp³-hybridized carbons (Fsp3) is 0.353. The highest BCUT2D eigenvalue weighted by molar-refractivity contribution is 5.98. The van der Waals surface area contributed by atoms with Gasteiger partial charge in [-0.2, -0.15) is 0 Å². The zero-order valence-corrected chi connectivity index (χ0v) is 14.0. The normalized spacial score (nSPS) is 16.6. The van der Waals surface area contributed by atoms with Gasteiger partial charge in [0.2, 0.25) is 5.91 Å². The summed E-state index contributed by atoms with van der Waals surface area (Å²) in [6.07, 6.45) is 0. The van der Waals surface area contributed by atoms with Crippen molar-refractivity contribution < 1.29 is 14.4 Å². The first-order valence-electron chi connectivity index (χ1n) is 8.17. The molecule has 25 heavy (non-hydrogen) atoms. The molecule has 0 saturated carbocycles. The van der Waals surface area contributed by atoms with Crippen LogP contribution in [0.3, 0.4) is 0 Å². The molecule has 132 valence electrons. The maximum Gasteiger partial charge on any atom is 0.318 e. The molecule has 3 rings (SSSR count). The SMILES string of the molecule is C[C@@H](C(=O)NC(N)=O)N1CCN(C(=O)c2cc3ccccc3[nH]2)CC1. The Balaban J connectivity index is 1.60. The number of carbonyl (C=O) groups is 3. The zero-order valence-electron chi connectivity index (χ0n) is 14.0. The molecule has 1 atom stereocenters. The highest BCUT2D eigenvalue weighted by Crippen LogP contribution is 2.17. The van der Waals surface area contributed by atoms with Crippen molar-refractivity contribution in [3.63, 3.8) is 0 Å². The minimum Gasteiger partial charge on any atom is -0.351 e. The van der Waals surface area contributed by atoms with E-state index in [4.69, 9.17) is 5.73 Å². The number of amides is 4. The Morgan fingerprint density at radius 1 is 1.16 bits per heavy atom. The molecule has 8 heteroatoms. The Kier molecular flexibility index (Phi) is 4.71. The molecule has 1 aromatic heterocycles. The lowest BCUT2D eigenvalue weighted by Crippen LogP contribution is -2.56. The summed E-state index contributed by atoms with van der Waals surface area (Å²) >= 11 is 0. The smallest absolute Gasteiger partial charge is 0.318 e. The third kappa shape index (κ3) is 3.63. The fourth-order valence-corrected chi connectivity index (χ4v) is 3.06. The summed E-state index contributed by atoms with van der Waals surface area (Å²) in [6.45, 7) is 3.86. The van der Waals surface area contributed by atoms with Crippen LogP contribution in [0.15, 0.2) is 30.3 Å². The van der Waals surface area contributed by atoms with Gasteiger partial charge < -0.3 is 15.6 Å². The number of aromatic nitrogens is 1. The lowest BCUT2D eigenvalue weighted by Gasteiger charge is -2.37. The highest BCUT2D eigenvalue weighted by Gasteiger charge is 2.28. The van der Waals surface area contributed by atoms with Crippen LogP contribution in [0.25, 0.3) is 10.9 Å². The van der Waals surface area contributed by atoms with Crippen molar-refractivity contribution in [3.05, 3.63) is 36.0 Å². The van der Waals surface area contributed by atoms with Crippen LogP contribution in [0.1, 0.15) is 17.4 Å². The van der Waals surface area contributed by atoms with Gasteiger partial charge in [0.1, 0.15) is 5.69 Å². The summed E-state index contributed by atoms with van der Waals surface area (Å²) in [5, 5.41) is 3.09. The van der Waals surface area contributed by atoms with Gasteiger partial charge in [0.15, 0.2) is 0 Å². The first-order chi connectivity index (χ1) is 12.0. The maximum atomic E-state index is 12.7. The number of hydrogen-bond acceptors (Lipinski definition) is 4. The summed E-state index contributed by atoms with van der Waals surface area (Å²) < 4.78 is 0. The van der Waals surface area contributed by atoms with E-state index >= 15 is 0 Å². The second-order valence-electron chi connectivity index (χ2n) is 6.13. The van der Waals surface area contributed by atoms with Gasteiger partial charge in [-0.25, -0.2) is 4.79 Å². The molecule has 1 aliphatic heterocycles. The van der Waals surface area contributed by atoms with E-state index in [1.807, 2.05) is 35.2 Å². The fourth-order valence-electron chi connectivity index (χ4n) is 3.06. The molecule has 8 nitrogen and oxygen atoms in total. The van der Waals surface area contributed by atoms with Crippen LogP contribution in [0, 0.1) is 0 Å². The number of benzene rings is 1. The number of para-hydroxylation sites is 1. The molecule has 2 aromatic rings. The van der Waals surface area contributed by atoms with E-state index in [1.54, 1.807) is 11.8 Å². The van der Waals surface area contributed by atoms with Gasteiger partial charge in [0, 0.05) is 37.1 Å². The maximum absolute atomic E-state index is 12.7. The second-order valence-corrected chi connectivity index (χ2v) is 6.13. The third-order valence-electron chi connectivity index (χ3n) is 4.54. The number of primary amides is 1. The number of rotatable bonds is 3. The minimum atomic E-state index is -0.857. The van der Waals surface area contributed by atoms with Gasteiger partial charge in [-0.3, -0.25) is 19.8 Å². The summed E-state index contributed by atoms with van der Waals surface area (Å²) in [7, 11) is 0. The number of H-pyrrole nitrogens is 1. The number of nitrogens with two attached hydrogens (primary N) is 1. The summed E-state index contributed by atoms with van der Waals surface area (Å²) in [6, 6.07) is 8.27. The average Bonchev–Trinajstić information content (AvgIpc) is 3.04. The van der Waals surface area contributed by atoms with E-state index < -0.39 is 18.0 Å². The highest BCUT2D eigenvalue weighted by atomic mass is 16.2. The number of nitrogens with one attached hydrogen (secondary N) is 2. The van der Waals surface area contributed by atoms with E-state index in [1.165, 1.54) is 0 Å². The number of carbonyl (C=O) groups excluding carboxylic acids is 3. The topological polar surface area (TPSA) is 112 Å². The summed E-state index contributed by atoms with van der Waals surface area (Å²) in [5.41, 5.74) is 6.47. The van der Waals surface area contributed by atoms with Crippen molar-refractivity contribution in [2.24, 2.45) is 5.73 Å². The van der Waals surface area contributed by atoms with E-state index in [0.29, 0.717) is 31.9 Å². The number of piperazine rings is 1. The molecule has 0 unspecified atom stereocenters. The Bertz CT molecular complexity index is 774. The second kappa shape index (κ2) is 6.94. The van der Waals surface area contributed by atoms with Crippen LogP contribution in [-0.2, 0) is 4.79 Å². The first kappa shape index (κ1) is 17.0. The molecule has 0 aliphatic carbocycles. The Morgan fingerprint density at radius 2 is 1.84 bits per heavy atom. The van der Waals surface area contributed by atoms with Crippen molar-refractivity contribution in [1.29, 1.82) is 0 Å². The zero-order chi connectivity index (χ0) is 18.0. The molecule has 0 spiro atoms. The molecule has 1 aliphatic rings. The Hall–Kier alpha value is -2.87. The molecule has 1 aromatic carbocycles. The van der Waals surface area contributed by atoms with Gasteiger partial charge in [-0.05, 0) is 19.1 Å². The number of hydrogen-bond donors (Lipinski definition) is 3. The minimum absolute atomic E-state index is 0.0508. The summed E-state index contributed by atoms with van der Waals surface area (Å²) in [4.78, 5) is 42.1. The molecular weight excluding hydrogens is 322 g/mol. The molecule has 1 saturated heterocycles. The van der Waals surface area contributed by atoms with Gasteiger partial charge in [-0.15, -0.1) is 0 Å². The number of nitrogens with zero attached hydrogens (tertiary/aromatic N) is 2. The quantitative estimate of drug-likeness (QED) is 0.754. The average molecular weight is 343 g/mol. The van der Waals surface area contributed by atoms with E-state index in [9.17, 15) is 14.4 Å². The molecule has 2 heterocycles. The first-order valence-corrected chi connectivity index (χ1v) is 8.17. The van der Waals surface area contributed by atoms with Gasteiger partial charge >= 0.3 is 6.03 Å². The number of aromatic amines is 1. The standard InChI is InChI=1S/C17H21N5O3/c1-11(15(23)20-17(18)25)21-6-8-22(9-7-21)16(24)14-10-12-4-2-3-5-13(12)19-14/h2-5,10-11,19H,6-9H2,1H3,(H3,18,20,23,25)/t11-/m0/s1. The summed E-state index contributed by atoms with van der Waals surface area (Å²) in [5.74, 6) is -0.479. The van der Waals surface area contributed by atoms with Crippen LogP contribution in [0.2, 0.25) is 0 Å². The predicted molar refractivity (Wildman–Crippen MR) is 93.0 cm³/mol. The Morgan fingerprint density at radius 3 is 2.48 bits per heavy atom. The van der Waals surface area contributed by atoms with E-state index in [-0.39, 0.29) is 5.91 Å². The van der Waals surface area contributed by atoms with Crippen molar-refractivity contribution in [3.8, 4) is 0 Å². The third-order valence-corrected chi connectivity index (χ3v) is 4.54. The van der Waals surface area contributed by atoms with Crippen LogP contribution in [0.4, 0.5) is 4.79 Å². The predicted octanol–water partition coefficient (Wildman–Crippen LogP) is 0.509. The van der Waals surface area contributed by atoms with Crippen LogP contribution >= 0.6 is 0 Å². The van der Waals surface area contributed by atoms with Crippen molar-refractivity contribution >= 4 is 28.7 Å². The van der Waals surface area contributed by atoms with Crippen molar-refractivity contribution in [2.45, 2.75) is 13.0 Å². The lowest BCUT2D eigenvalue weighted by atomic mass is 10.2. The van der Waals surface area contributed by atoms with Crippen LogP contribution in [0.5, 0.6) is 0 Å². The number of urea groups is 1. The molecule has 4 N–H and O–H groups in total. The van der Waals surface area contributed by atoms with Crippen LogP contribution in [-0.4, -0.2) is 64.9 Å². The largest absolute Gasteiger partial charge is 0.351 e. The number of imide groups is 1. The van der Waals surface area contributed by atoms with Crippen LogP contribution < -0.4 is 11.1 Å². The van der Waals surface area contributed by atoms with E-state index in [2.05, 4.69) is 10.3 Å².